The van der Waals surface area contributed by atoms with E-state index in [4.69, 9.17) is 10.5 Å². The van der Waals surface area contributed by atoms with E-state index in [1.165, 1.54) is 0 Å². The van der Waals surface area contributed by atoms with Crippen LogP contribution in [-0.2, 0) is 18.2 Å². The van der Waals surface area contributed by atoms with Gasteiger partial charge in [0.05, 0.1) is 0 Å². The molecule has 0 bridgehead atoms. The third-order valence-electron chi connectivity index (χ3n) is 6.76. The SMILES string of the molecule is CC(CN)CNC(=O)OCN1C=CN(CC2CCc3c(c4ccccc4n3C)C2=O)C1C. The van der Waals surface area contributed by atoms with Gasteiger partial charge >= 0.3 is 6.09 Å². The molecule has 8 heteroatoms. The van der Waals surface area contributed by atoms with Crippen molar-refractivity contribution < 1.29 is 14.3 Å². The predicted molar refractivity (Wildman–Crippen MR) is 124 cm³/mol. The van der Waals surface area contributed by atoms with Gasteiger partial charge in [0.25, 0.3) is 0 Å². The fraction of sp³-hybridized carbons (Fsp3) is 0.500. The number of alkyl carbamates (subject to hydrolysis) is 1. The van der Waals surface area contributed by atoms with Crippen molar-refractivity contribution >= 4 is 22.8 Å². The zero-order chi connectivity index (χ0) is 22.8. The molecule has 0 radical (unpaired) electrons. The molecule has 8 nitrogen and oxygen atoms in total. The van der Waals surface area contributed by atoms with E-state index >= 15 is 0 Å². The van der Waals surface area contributed by atoms with Gasteiger partial charge in [0.15, 0.2) is 12.5 Å². The number of benzene rings is 1. The van der Waals surface area contributed by atoms with E-state index in [-0.39, 0.29) is 30.5 Å². The van der Waals surface area contributed by atoms with E-state index in [2.05, 4.69) is 27.8 Å². The van der Waals surface area contributed by atoms with E-state index in [9.17, 15) is 9.59 Å². The Morgan fingerprint density at radius 2 is 2.03 bits per heavy atom. The number of ether oxygens (including phenoxy) is 1. The lowest BCUT2D eigenvalue weighted by atomic mass is 9.84. The zero-order valence-corrected chi connectivity index (χ0v) is 19.1. The Hall–Kier alpha value is -3.00. The lowest BCUT2D eigenvalue weighted by Crippen LogP contribution is -2.42. The molecule has 2 heterocycles. The van der Waals surface area contributed by atoms with Crippen LogP contribution in [0.25, 0.3) is 10.9 Å². The van der Waals surface area contributed by atoms with E-state index in [1.54, 1.807) is 0 Å². The van der Waals surface area contributed by atoms with Crippen molar-refractivity contribution in [2.24, 2.45) is 24.6 Å². The van der Waals surface area contributed by atoms with Crippen molar-refractivity contribution in [1.82, 2.24) is 19.7 Å². The molecule has 0 fully saturated rings. The number of amides is 1. The predicted octanol–water partition coefficient (Wildman–Crippen LogP) is 2.64. The molecule has 32 heavy (non-hydrogen) atoms. The highest BCUT2D eigenvalue weighted by atomic mass is 16.6. The first-order valence-corrected chi connectivity index (χ1v) is 11.3. The number of nitrogens with one attached hydrogen (secondary N) is 1. The maximum absolute atomic E-state index is 13.4. The summed E-state index contributed by atoms with van der Waals surface area (Å²) >= 11 is 0. The molecule has 3 atom stereocenters. The van der Waals surface area contributed by atoms with Crippen molar-refractivity contribution in [3.63, 3.8) is 0 Å². The van der Waals surface area contributed by atoms with Gasteiger partial charge in [0, 0.05) is 60.6 Å². The second-order valence-corrected chi connectivity index (χ2v) is 8.92. The smallest absolute Gasteiger partial charge is 0.408 e. The number of nitrogens with two attached hydrogens (primary N) is 1. The van der Waals surface area contributed by atoms with Crippen LogP contribution >= 0.6 is 0 Å². The second-order valence-electron chi connectivity index (χ2n) is 8.92. The number of hydrogen-bond acceptors (Lipinski definition) is 6. The summed E-state index contributed by atoms with van der Waals surface area (Å²) in [7, 11) is 2.05. The maximum Gasteiger partial charge on any atom is 0.408 e. The number of para-hydroxylation sites is 1. The standard InChI is InChI=1S/C24H33N5O3/c1-16(12-25)13-26-24(31)32-15-29-11-10-28(17(29)2)14-18-8-9-21-22(23(18)30)19-6-4-5-7-20(19)27(21)3/h4-7,10-11,16-18H,8-9,12-15,25H2,1-3H3,(H,26,31). The minimum absolute atomic E-state index is 0.00693. The molecule has 1 aliphatic carbocycles. The number of ketones is 1. The summed E-state index contributed by atoms with van der Waals surface area (Å²) in [6, 6.07) is 8.13. The number of fused-ring (bicyclic) bond motifs is 3. The minimum Gasteiger partial charge on any atom is -0.428 e. The number of aromatic nitrogens is 1. The summed E-state index contributed by atoms with van der Waals surface area (Å²) < 4.78 is 7.50. The van der Waals surface area contributed by atoms with Crippen LogP contribution < -0.4 is 11.1 Å². The molecule has 0 saturated carbocycles. The van der Waals surface area contributed by atoms with E-state index < -0.39 is 6.09 Å². The molecule has 0 saturated heterocycles. The molecule has 0 spiro atoms. The first-order valence-electron chi connectivity index (χ1n) is 11.3. The quantitative estimate of drug-likeness (QED) is 0.689. The Morgan fingerprint density at radius 1 is 1.28 bits per heavy atom. The molecule has 172 valence electrons. The Kier molecular flexibility index (Phi) is 6.41. The van der Waals surface area contributed by atoms with Crippen molar-refractivity contribution in [3.8, 4) is 0 Å². The molecule has 2 aromatic rings. The number of carbonyl (C=O) groups is 2. The number of rotatable bonds is 7. The lowest BCUT2D eigenvalue weighted by molar-refractivity contribution is 0.0470. The topological polar surface area (TPSA) is 92.8 Å². The highest BCUT2D eigenvalue weighted by Crippen LogP contribution is 2.34. The number of Topliss-reactive ketones (excluding diaryl/α,β-unsaturated/α-hetero) is 1. The molecule has 2 aliphatic rings. The van der Waals surface area contributed by atoms with Crippen LogP contribution in [0.2, 0.25) is 0 Å². The van der Waals surface area contributed by atoms with Crippen molar-refractivity contribution in [2.75, 3.05) is 26.4 Å². The van der Waals surface area contributed by atoms with Crippen LogP contribution in [0.3, 0.4) is 0 Å². The van der Waals surface area contributed by atoms with Crippen molar-refractivity contribution in [2.45, 2.75) is 32.9 Å². The van der Waals surface area contributed by atoms with Gasteiger partial charge in [-0.05, 0) is 38.3 Å². The maximum atomic E-state index is 13.4. The van der Waals surface area contributed by atoms with Crippen LogP contribution in [0.5, 0.6) is 0 Å². The third kappa shape index (κ3) is 4.19. The van der Waals surface area contributed by atoms with Gasteiger partial charge in [-0.3, -0.25) is 4.79 Å². The summed E-state index contributed by atoms with van der Waals surface area (Å²) in [5, 5.41) is 3.78. The lowest BCUT2D eigenvalue weighted by Gasteiger charge is -2.32. The van der Waals surface area contributed by atoms with E-state index in [0.717, 1.165) is 35.0 Å². The van der Waals surface area contributed by atoms with E-state index in [0.29, 0.717) is 19.6 Å². The monoisotopic (exact) mass is 439 g/mol. The number of aryl methyl sites for hydroxylation is 1. The van der Waals surface area contributed by atoms with Gasteiger partial charge in [0.1, 0.15) is 6.17 Å². The number of carbonyl (C=O) groups excluding carboxylic acids is 2. The third-order valence-corrected chi connectivity index (χ3v) is 6.76. The largest absolute Gasteiger partial charge is 0.428 e. The van der Waals surface area contributed by atoms with Crippen LogP contribution in [0.1, 0.15) is 36.3 Å². The Bertz CT molecular complexity index is 1030. The number of hydrogen-bond donors (Lipinski definition) is 2. The highest BCUT2D eigenvalue weighted by Gasteiger charge is 2.34. The Morgan fingerprint density at radius 3 is 2.81 bits per heavy atom. The van der Waals surface area contributed by atoms with Gasteiger partial charge in [-0.2, -0.15) is 0 Å². The molecule has 1 amide bonds. The van der Waals surface area contributed by atoms with Crippen LogP contribution in [0, 0.1) is 11.8 Å². The number of nitrogens with zero attached hydrogens (tertiary/aromatic N) is 3. The van der Waals surface area contributed by atoms with Crippen LogP contribution in [-0.4, -0.2) is 58.8 Å². The molecule has 1 aliphatic heterocycles. The van der Waals surface area contributed by atoms with Gasteiger partial charge < -0.3 is 30.2 Å². The van der Waals surface area contributed by atoms with Crippen LogP contribution in [0.15, 0.2) is 36.7 Å². The molecule has 3 N–H and O–H groups in total. The van der Waals surface area contributed by atoms with Gasteiger partial charge in [-0.1, -0.05) is 25.1 Å². The average molecular weight is 440 g/mol. The van der Waals surface area contributed by atoms with E-state index in [1.807, 2.05) is 49.5 Å². The molecular weight excluding hydrogens is 406 g/mol. The Balaban J connectivity index is 1.35. The normalized spacial score (nSPS) is 21.2. The summed E-state index contributed by atoms with van der Waals surface area (Å²) in [5.74, 6) is 0.382. The van der Waals surface area contributed by atoms with Gasteiger partial charge in [0.2, 0.25) is 0 Å². The fourth-order valence-electron chi connectivity index (χ4n) is 4.59. The van der Waals surface area contributed by atoms with Gasteiger partial charge in [-0.25, -0.2) is 4.79 Å². The minimum atomic E-state index is -0.449. The highest BCUT2D eigenvalue weighted by molar-refractivity contribution is 6.11. The Labute approximate surface area is 189 Å². The summed E-state index contributed by atoms with van der Waals surface area (Å²) in [6.07, 6.45) is 5.19. The molecule has 4 rings (SSSR count). The second kappa shape index (κ2) is 9.24. The fourth-order valence-corrected chi connectivity index (χ4v) is 4.59. The molecule has 1 aromatic heterocycles. The average Bonchev–Trinajstić information content (AvgIpc) is 3.30. The first kappa shape index (κ1) is 22.2. The summed E-state index contributed by atoms with van der Waals surface area (Å²) in [4.78, 5) is 29.4. The zero-order valence-electron chi connectivity index (χ0n) is 19.1. The molecule has 3 unspecified atom stereocenters. The van der Waals surface area contributed by atoms with Crippen molar-refractivity contribution in [1.29, 1.82) is 0 Å². The van der Waals surface area contributed by atoms with Crippen LogP contribution in [0.4, 0.5) is 4.79 Å². The van der Waals surface area contributed by atoms with Gasteiger partial charge in [-0.15, -0.1) is 0 Å². The summed E-state index contributed by atoms with van der Waals surface area (Å²) in [5.41, 5.74) is 8.71. The molecule has 1 aromatic carbocycles. The summed E-state index contributed by atoms with van der Waals surface area (Å²) in [6.45, 7) is 5.83. The van der Waals surface area contributed by atoms with Crippen molar-refractivity contribution in [3.05, 3.63) is 47.9 Å². The molecular formula is C24H33N5O3. The first-order chi connectivity index (χ1) is 15.4.